The number of H-pyrrole nitrogens is 1. The normalized spacial score (nSPS) is 13.6. The maximum absolute atomic E-state index is 11.9. The lowest BCUT2D eigenvalue weighted by Crippen LogP contribution is -2.49. The minimum Gasteiger partial charge on any atom is -0.480 e. The first-order chi connectivity index (χ1) is 8.95. The van der Waals surface area contributed by atoms with Gasteiger partial charge in [0.1, 0.15) is 18.2 Å². The molecule has 0 aliphatic heterocycles. The Bertz CT molecular complexity index is 420. The second-order valence-electron chi connectivity index (χ2n) is 4.44. The van der Waals surface area contributed by atoms with Crippen LogP contribution in [0.3, 0.4) is 0 Å². The maximum atomic E-state index is 11.9. The van der Waals surface area contributed by atoms with E-state index in [0.29, 0.717) is 12.2 Å². The summed E-state index contributed by atoms with van der Waals surface area (Å²) in [6.45, 7) is 3.90. The predicted octanol–water partition coefficient (Wildman–Crippen LogP) is 0.445. The predicted molar refractivity (Wildman–Crippen MR) is 67.3 cm³/mol. The number of aromatic amines is 1. The Morgan fingerprint density at radius 3 is 2.74 bits per heavy atom. The third-order valence-corrected chi connectivity index (χ3v) is 2.96. The molecule has 0 saturated carbocycles. The van der Waals surface area contributed by atoms with Crippen LogP contribution in [0.2, 0.25) is 0 Å². The molecule has 8 nitrogen and oxygen atoms in total. The highest BCUT2D eigenvalue weighted by Gasteiger charge is 2.26. The van der Waals surface area contributed by atoms with Gasteiger partial charge in [-0.05, 0) is 5.92 Å². The molecule has 2 unspecified atom stereocenters. The monoisotopic (exact) mass is 269 g/mol. The summed E-state index contributed by atoms with van der Waals surface area (Å²) >= 11 is 0. The van der Waals surface area contributed by atoms with E-state index in [9.17, 15) is 9.59 Å². The number of amides is 2. The molecule has 0 radical (unpaired) electrons. The van der Waals surface area contributed by atoms with E-state index in [1.54, 1.807) is 14.0 Å². The van der Waals surface area contributed by atoms with Crippen LogP contribution in [-0.2, 0) is 11.3 Å². The topological polar surface area (TPSA) is 111 Å². The number of rotatable bonds is 6. The summed E-state index contributed by atoms with van der Waals surface area (Å²) in [4.78, 5) is 28.3. The van der Waals surface area contributed by atoms with Gasteiger partial charge < -0.3 is 15.3 Å². The Kier molecular flexibility index (Phi) is 5.28. The molecular weight excluding hydrogens is 250 g/mol. The van der Waals surface area contributed by atoms with Crippen LogP contribution in [0.4, 0.5) is 4.79 Å². The third kappa shape index (κ3) is 4.23. The molecule has 0 saturated heterocycles. The van der Waals surface area contributed by atoms with E-state index in [2.05, 4.69) is 20.5 Å². The molecule has 19 heavy (non-hydrogen) atoms. The SMILES string of the molecule is CCC(C)C(NC(=O)N(C)Cc1ncn[nH]1)C(=O)O. The van der Waals surface area contributed by atoms with E-state index in [1.807, 2.05) is 6.92 Å². The zero-order valence-electron chi connectivity index (χ0n) is 11.3. The van der Waals surface area contributed by atoms with Gasteiger partial charge in [0, 0.05) is 7.05 Å². The second kappa shape index (κ2) is 6.72. The molecule has 3 N–H and O–H groups in total. The van der Waals surface area contributed by atoms with Gasteiger partial charge in [0.25, 0.3) is 0 Å². The quantitative estimate of drug-likeness (QED) is 0.694. The van der Waals surface area contributed by atoms with Crippen molar-refractivity contribution in [3.05, 3.63) is 12.2 Å². The zero-order chi connectivity index (χ0) is 14.4. The fourth-order valence-electron chi connectivity index (χ4n) is 1.53. The van der Waals surface area contributed by atoms with Crippen LogP contribution in [0.1, 0.15) is 26.1 Å². The Hall–Kier alpha value is -2.12. The summed E-state index contributed by atoms with van der Waals surface area (Å²) in [5.74, 6) is -0.635. The van der Waals surface area contributed by atoms with Crippen molar-refractivity contribution in [2.24, 2.45) is 5.92 Å². The largest absolute Gasteiger partial charge is 0.480 e. The highest BCUT2D eigenvalue weighted by molar-refractivity contribution is 5.82. The number of carboxylic acids is 1. The van der Waals surface area contributed by atoms with Crippen molar-refractivity contribution in [2.45, 2.75) is 32.9 Å². The summed E-state index contributed by atoms with van der Waals surface area (Å²) in [5, 5.41) is 17.9. The number of aliphatic carboxylic acids is 1. The van der Waals surface area contributed by atoms with Gasteiger partial charge >= 0.3 is 12.0 Å². The molecule has 0 fully saturated rings. The van der Waals surface area contributed by atoms with E-state index in [-0.39, 0.29) is 12.5 Å². The number of carboxylic acid groups (broad SMARTS) is 1. The third-order valence-electron chi connectivity index (χ3n) is 2.96. The summed E-state index contributed by atoms with van der Waals surface area (Å²) < 4.78 is 0. The Morgan fingerprint density at radius 2 is 2.26 bits per heavy atom. The standard InChI is InChI=1S/C11H19N5O3/c1-4-7(2)9(10(17)18)14-11(19)16(3)5-8-12-6-13-15-8/h6-7,9H,4-5H2,1-3H3,(H,14,19)(H,17,18)(H,12,13,15). The number of aromatic nitrogens is 3. The first-order valence-corrected chi connectivity index (χ1v) is 6.04. The van der Waals surface area contributed by atoms with Gasteiger partial charge in [-0.3, -0.25) is 5.10 Å². The van der Waals surface area contributed by atoms with E-state index in [4.69, 9.17) is 5.11 Å². The van der Waals surface area contributed by atoms with Crippen LogP contribution >= 0.6 is 0 Å². The van der Waals surface area contributed by atoms with Crippen molar-refractivity contribution in [1.82, 2.24) is 25.4 Å². The molecule has 106 valence electrons. The van der Waals surface area contributed by atoms with E-state index < -0.39 is 18.0 Å². The molecule has 0 aliphatic carbocycles. The average molecular weight is 269 g/mol. The number of urea groups is 1. The van der Waals surface area contributed by atoms with Crippen molar-refractivity contribution in [3.63, 3.8) is 0 Å². The van der Waals surface area contributed by atoms with Crippen molar-refractivity contribution >= 4 is 12.0 Å². The molecule has 0 aliphatic rings. The fourth-order valence-corrected chi connectivity index (χ4v) is 1.53. The van der Waals surface area contributed by atoms with Crippen LogP contribution in [0.15, 0.2) is 6.33 Å². The first kappa shape index (κ1) is 14.9. The van der Waals surface area contributed by atoms with Crippen molar-refractivity contribution in [2.75, 3.05) is 7.05 Å². The molecule has 1 heterocycles. The second-order valence-corrected chi connectivity index (χ2v) is 4.44. The summed E-state index contributed by atoms with van der Waals surface area (Å²) in [7, 11) is 1.56. The zero-order valence-corrected chi connectivity index (χ0v) is 11.3. The van der Waals surface area contributed by atoms with Crippen molar-refractivity contribution in [3.8, 4) is 0 Å². The minimum absolute atomic E-state index is 0.139. The first-order valence-electron chi connectivity index (χ1n) is 6.04. The van der Waals surface area contributed by atoms with Gasteiger partial charge in [-0.25, -0.2) is 14.6 Å². The number of hydrogen-bond donors (Lipinski definition) is 3. The van der Waals surface area contributed by atoms with Gasteiger partial charge in [-0.15, -0.1) is 0 Å². The summed E-state index contributed by atoms with van der Waals surface area (Å²) in [6, 6.07) is -1.35. The van der Waals surface area contributed by atoms with Crippen LogP contribution in [0.5, 0.6) is 0 Å². The van der Waals surface area contributed by atoms with Gasteiger partial charge in [-0.1, -0.05) is 20.3 Å². The summed E-state index contributed by atoms with van der Waals surface area (Å²) in [5.41, 5.74) is 0. The Balaban J connectivity index is 2.58. The van der Waals surface area contributed by atoms with Crippen LogP contribution < -0.4 is 5.32 Å². The molecule has 0 spiro atoms. The minimum atomic E-state index is -1.03. The van der Waals surface area contributed by atoms with E-state index >= 15 is 0 Å². The van der Waals surface area contributed by atoms with E-state index in [0.717, 1.165) is 0 Å². The van der Waals surface area contributed by atoms with Gasteiger partial charge in [0.2, 0.25) is 0 Å². The molecule has 1 aromatic rings. The highest BCUT2D eigenvalue weighted by atomic mass is 16.4. The fraction of sp³-hybridized carbons (Fsp3) is 0.636. The van der Waals surface area contributed by atoms with E-state index in [1.165, 1.54) is 11.2 Å². The Morgan fingerprint density at radius 1 is 1.58 bits per heavy atom. The summed E-state index contributed by atoms with van der Waals surface area (Å²) in [6.07, 6.45) is 2.02. The molecule has 1 rings (SSSR count). The number of nitrogens with zero attached hydrogens (tertiary/aromatic N) is 3. The highest BCUT2D eigenvalue weighted by Crippen LogP contribution is 2.08. The molecular formula is C11H19N5O3. The molecule has 0 aromatic carbocycles. The van der Waals surface area contributed by atoms with Crippen molar-refractivity contribution < 1.29 is 14.7 Å². The van der Waals surface area contributed by atoms with Crippen molar-refractivity contribution in [1.29, 1.82) is 0 Å². The smallest absolute Gasteiger partial charge is 0.326 e. The molecule has 1 aromatic heterocycles. The van der Waals surface area contributed by atoms with Gasteiger partial charge in [0.15, 0.2) is 0 Å². The Labute approximate surface area is 111 Å². The van der Waals surface area contributed by atoms with Crippen LogP contribution in [0.25, 0.3) is 0 Å². The lowest BCUT2D eigenvalue weighted by atomic mass is 9.99. The van der Waals surface area contributed by atoms with Gasteiger partial charge in [0.05, 0.1) is 6.54 Å². The van der Waals surface area contributed by atoms with Gasteiger partial charge in [-0.2, -0.15) is 5.10 Å². The number of carbonyl (C=O) groups is 2. The number of nitrogens with one attached hydrogen (secondary N) is 2. The maximum Gasteiger partial charge on any atom is 0.326 e. The average Bonchev–Trinajstić information content (AvgIpc) is 2.86. The number of carbonyl (C=O) groups excluding carboxylic acids is 1. The lowest BCUT2D eigenvalue weighted by Gasteiger charge is -2.23. The number of hydrogen-bond acceptors (Lipinski definition) is 4. The lowest BCUT2D eigenvalue weighted by molar-refractivity contribution is -0.140. The molecule has 2 atom stereocenters. The molecule has 0 bridgehead atoms. The molecule has 2 amide bonds. The van der Waals surface area contributed by atoms with Crippen LogP contribution in [-0.4, -0.2) is 50.3 Å². The molecule has 8 heteroatoms. The van der Waals surface area contributed by atoms with Crippen LogP contribution in [0, 0.1) is 5.92 Å².